The summed E-state index contributed by atoms with van der Waals surface area (Å²) >= 11 is 0. The van der Waals surface area contributed by atoms with Crippen LogP contribution in [0.4, 0.5) is 5.69 Å². The number of piperidine rings is 1. The fourth-order valence-electron chi connectivity index (χ4n) is 4.48. The minimum atomic E-state index is -0.547. The zero-order chi connectivity index (χ0) is 19.0. The van der Waals surface area contributed by atoms with E-state index in [1.54, 1.807) is 5.48 Å². The van der Waals surface area contributed by atoms with Crippen molar-refractivity contribution >= 4 is 17.5 Å². The van der Waals surface area contributed by atoms with Crippen molar-refractivity contribution in [3.63, 3.8) is 0 Å². The van der Waals surface area contributed by atoms with Gasteiger partial charge in [-0.2, -0.15) is 0 Å². The van der Waals surface area contributed by atoms with Gasteiger partial charge in [-0.3, -0.25) is 14.8 Å². The molecule has 2 heterocycles. The quantitative estimate of drug-likeness (QED) is 0.542. The van der Waals surface area contributed by atoms with Crippen LogP contribution in [0.3, 0.4) is 0 Å². The molecule has 1 saturated carbocycles. The molecule has 1 aromatic rings. The van der Waals surface area contributed by atoms with Crippen LogP contribution in [0.1, 0.15) is 24.8 Å². The summed E-state index contributed by atoms with van der Waals surface area (Å²) < 4.78 is 0. The number of aryl methyl sites for hydroxylation is 1. The highest BCUT2D eigenvalue weighted by Gasteiger charge is 2.52. The standard InChI is InChI=1S/C20H28N4O3/c1-14-3-2-4-15(11-14)23-7-9-24(10-8-23)19(26)17-16(18(25)22-27)12-20(5-6-20)13-21-17/h2-4,11,16-17,21,27H,5-10,12-13H2,1H3,(H,22,25). The maximum absolute atomic E-state index is 13.1. The fourth-order valence-corrected chi connectivity index (χ4v) is 4.48. The summed E-state index contributed by atoms with van der Waals surface area (Å²) in [4.78, 5) is 29.4. The molecule has 0 aromatic heterocycles. The van der Waals surface area contributed by atoms with Gasteiger partial charge in [0.2, 0.25) is 11.8 Å². The molecule has 0 radical (unpaired) electrons. The topological polar surface area (TPSA) is 84.9 Å². The first-order valence-electron chi connectivity index (χ1n) is 9.79. The maximum atomic E-state index is 13.1. The zero-order valence-corrected chi connectivity index (χ0v) is 15.8. The number of amides is 2. The number of anilines is 1. The van der Waals surface area contributed by atoms with Gasteiger partial charge in [0.25, 0.3) is 0 Å². The van der Waals surface area contributed by atoms with Crippen LogP contribution in [0.2, 0.25) is 0 Å². The second-order valence-electron chi connectivity index (χ2n) is 8.30. The SMILES string of the molecule is Cc1cccc(N2CCN(C(=O)C3NCC4(CC4)CC3C(=O)NO)CC2)c1. The second-order valence-corrected chi connectivity index (χ2v) is 8.30. The van der Waals surface area contributed by atoms with Gasteiger partial charge >= 0.3 is 0 Å². The van der Waals surface area contributed by atoms with E-state index >= 15 is 0 Å². The molecule has 7 heteroatoms. The minimum Gasteiger partial charge on any atom is -0.368 e. The Balaban J connectivity index is 1.40. The first kappa shape index (κ1) is 18.3. The molecular weight excluding hydrogens is 344 g/mol. The number of nitrogens with one attached hydrogen (secondary N) is 2. The van der Waals surface area contributed by atoms with E-state index in [0.29, 0.717) is 19.5 Å². The van der Waals surface area contributed by atoms with Crippen LogP contribution >= 0.6 is 0 Å². The van der Waals surface area contributed by atoms with Gasteiger partial charge < -0.3 is 15.1 Å². The van der Waals surface area contributed by atoms with Crippen molar-refractivity contribution < 1.29 is 14.8 Å². The van der Waals surface area contributed by atoms with Crippen LogP contribution in [0.5, 0.6) is 0 Å². The van der Waals surface area contributed by atoms with Crippen LogP contribution in [0.25, 0.3) is 0 Å². The van der Waals surface area contributed by atoms with Gasteiger partial charge in [-0.15, -0.1) is 0 Å². The average Bonchev–Trinajstić information content (AvgIpc) is 3.45. The van der Waals surface area contributed by atoms with Crippen molar-refractivity contribution in [3.8, 4) is 0 Å². The van der Waals surface area contributed by atoms with Crippen molar-refractivity contribution in [2.75, 3.05) is 37.6 Å². The molecule has 1 aliphatic carbocycles. The summed E-state index contributed by atoms with van der Waals surface area (Å²) in [6, 6.07) is 7.85. The summed E-state index contributed by atoms with van der Waals surface area (Å²) in [5.41, 5.74) is 4.33. The highest BCUT2D eigenvalue weighted by atomic mass is 16.5. The van der Waals surface area contributed by atoms with Gasteiger partial charge in [-0.25, -0.2) is 5.48 Å². The lowest BCUT2D eigenvalue weighted by atomic mass is 9.81. The summed E-state index contributed by atoms with van der Waals surface area (Å²) in [5.74, 6) is -0.984. The van der Waals surface area contributed by atoms with E-state index < -0.39 is 17.9 Å². The lowest BCUT2D eigenvalue weighted by Crippen LogP contribution is -2.61. The highest BCUT2D eigenvalue weighted by molar-refractivity contribution is 5.90. The van der Waals surface area contributed by atoms with Crippen LogP contribution in [0, 0.1) is 18.3 Å². The number of carbonyl (C=O) groups is 2. The first-order chi connectivity index (χ1) is 13.0. The Bertz CT molecular complexity index is 726. The molecule has 2 aliphatic heterocycles. The van der Waals surface area contributed by atoms with Crippen molar-refractivity contribution in [2.45, 2.75) is 32.2 Å². The monoisotopic (exact) mass is 372 g/mol. The average molecular weight is 372 g/mol. The number of hydrogen-bond donors (Lipinski definition) is 3. The Labute approximate surface area is 159 Å². The number of rotatable bonds is 3. The molecule has 2 unspecified atom stereocenters. The minimum absolute atomic E-state index is 0.0250. The molecule has 1 spiro atoms. The molecule has 7 nitrogen and oxygen atoms in total. The molecule has 2 amide bonds. The third-order valence-corrected chi connectivity index (χ3v) is 6.38. The Morgan fingerprint density at radius 3 is 2.59 bits per heavy atom. The van der Waals surface area contributed by atoms with E-state index in [4.69, 9.17) is 5.21 Å². The highest BCUT2D eigenvalue weighted by Crippen LogP contribution is 2.52. The van der Waals surface area contributed by atoms with Gasteiger partial charge in [-0.1, -0.05) is 12.1 Å². The lowest BCUT2D eigenvalue weighted by molar-refractivity contribution is -0.145. The molecule has 2 atom stereocenters. The number of carbonyl (C=O) groups excluding carboxylic acids is 2. The van der Waals surface area contributed by atoms with Gasteiger partial charge in [0.1, 0.15) is 0 Å². The van der Waals surface area contributed by atoms with E-state index in [1.165, 1.54) is 11.3 Å². The van der Waals surface area contributed by atoms with Gasteiger partial charge in [-0.05, 0) is 49.3 Å². The molecular formula is C20H28N4O3. The molecule has 3 N–H and O–H groups in total. The summed E-state index contributed by atoms with van der Waals surface area (Å²) in [6.07, 6.45) is 2.85. The van der Waals surface area contributed by atoms with Gasteiger partial charge in [0, 0.05) is 38.4 Å². The summed E-state index contributed by atoms with van der Waals surface area (Å²) in [5, 5.41) is 12.4. The largest absolute Gasteiger partial charge is 0.368 e. The molecule has 2 saturated heterocycles. The Kier molecular flexibility index (Phi) is 4.82. The Morgan fingerprint density at radius 1 is 1.22 bits per heavy atom. The van der Waals surface area contributed by atoms with E-state index in [1.807, 2.05) is 4.90 Å². The number of benzene rings is 1. The van der Waals surface area contributed by atoms with E-state index in [2.05, 4.69) is 41.4 Å². The van der Waals surface area contributed by atoms with Crippen molar-refractivity contribution in [3.05, 3.63) is 29.8 Å². The normalized spacial score (nSPS) is 26.7. The van der Waals surface area contributed by atoms with Gasteiger partial charge in [0.15, 0.2) is 0 Å². The van der Waals surface area contributed by atoms with E-state index in [0.717, 1.165) is 32.5 Å². The molecule has 27 heavy (non-hydrogen) atoms. The van der Waals surface area contributed by atoms with Gasteiger partial charge in [0.05, 0.1) is 12.0 Å². The second kappa shape index (κ2) is 7.13. The zero-order valence-electron chi connectivity index (χ0n) is 15.8. The van der Waals surface area contributed by atoms with Crippen molar-refractivity contribution in [1.82, 2.24) is 15.7 Å². The van der Waals surface area contributed by atoms with Crippen molar-refractivity contribution in [1.29, 1.82) is 0 Å². The number of hydrogen-bond acceptors (Lipinski definition) is 5. The van der Waals surface area contributed by atoms with Crippen LogP contribution in [-0.2, 0) is 9.59 Å². The predicted molar refractivity (Wildman–Crippen MR) is 101 cm³/mol. The van der Waals surface area contributed by atoms with Crippen LogP contribution in [-0.4, -0.2) is 60.7 Å². The first-order valence-corrected chi connectivity index (χ1v) is 9.79. The maximum Gasteiger partial charge on any atom is 0.248 e. The Morgan fingerprint density at radius 2 is 1.96 bits per heavy atom. The molecule has 0 bridgehead atoms. The molecule has 146 valence electrons. The van der Waals surface area contributed by atoms with Crippen LogP contribution < -0.4 is 15.7 Å². The predicted octanol–water partition coefficient (Wildman–Crippen LogP) is 0.907. The Hall–Kier alpha value is -2.12. The van der Waals surface area contributed by atoms with E-state index in [9.17, 15) is 9.59 Å². The molecule has 4 rings (SSSR count). The molecule has 3 aliphatic rings. The molecule has 3 fully saturated rings. The third kappa shape index (κ3) is 3.66. The summed E-state index contributed by atoms with van der Waals surface area (Å²) in [7, 11) is 0. The fraction of sp³-hybridized carbons (Fsp3) is 0.600. The smallest absolute Gasteiger partial charge is 0.248 e. The molecule has 1 aromatic carbocycles. The van der Waals surface area contributed by atoms with Crippen LogP contribution in [0.15, 0.2) is 24.3 Å². The number of hydroxylamine groups is 1. The lowest BCUT2D eigenvalue weighted by Gasteiger charge is -2.41. The van der Waals surface area contributed by atoms with E-state index in [-0.39, 0.29) is 11.3 Å². The number of nitrogens with zero attached hydrogens (tertiary/aromatic N) is 2. The third-order valence-electron chi connectivity index (χ3n) is 6.38. The summed E-state index contributed by atoms with van der Waals surface area (Å²) in [6.45, 7) is 5.71. The number of piperazine rings is 1. The van der Waals surface area contributed by atoms with Crippen molar-refractivity contribution in [2.24, 2.45) is 11.3 Å².